The second-order valence-electron chi connectivity index (χ2n) is 3.56. The predicted octanol–water partition coefficient (Wildman–Crippen LogP) is -3.02. The molecule has 0 aromatic carbocycles. The molecule has 6 nitrogen and oxygen atoms in total. The van der Waals surface area contributed by atoms with E-state index < -0.39 is 31.0 Å². The molecule has 14 heavy (non-hydrogen) atoms. The van der Waals surface area contributed by atoms with Crippen LogP contribution < -0.4 is 0 Å². The van der Waals surface area contributed by atoms with E-state index in [0.717, 1.165) is 0 Å². The van der Waals surface area contributed by atoms with Crippen LogP contribution in [0.5, 0.6) is 0 Å². The zero-order valence-corrected chi connectivity index (χ0v) is 8.41. The van der Waals surface area contributed by atoms with Gasteiger partial charge in [0.2, 0.25) is 0 Å². The van der Waals surface area contributed by atoms with Gasteiger partial charge in [0, 0.05) is 6.54 Å². The average Bonchev–Trinajstić information content (AvgIpc) is 2.13. The molecule has 0 amide bonds. The van der Waals surface area contributed by atoms with Gasteiger partial charge in [-0.3, -0.25) is 0 Å². The predicted molar refractivity (Wildman–Crippen MR) is 49.7 cm³/mol. The van der Waals surface area contributed by atoms with E-state index in [1.807, 2.05) is 0 Å². The lowest BCUT2D eigenvalue weighted by molar-refractivity contribution is -0.117. The molecular formula is C8H19NO5. The summed E-state index contributed by atoms with van der Waals surface area (Å²) in [6, 6.07) is 0. The Kier molecular flexibility index (Phi) is 6.17. The molecule has 0 saturated heterocycles. The van der Waals surface area contributed by atoms with Crippen LogP contribution in [0.1, 0.15) is 0 Å². The molecule has 0 aliphatic rings. The highest BCUT2D eigenvalue weighted by atomic mass is 16.4. The van der Waals surface area contributed by atoms with E-state index in [1.54, 1.807) is 19.0 Å². The highest BCUT2D eigenvalue weighted by molar-refractivity contribution is 4.81. The van der Waals surface area contributed by atoms with E-state index >= 15 is 0 Å². The first kappa shape index (κ1) is 13.8. The Bertz CT molecular complexity index is 155. The summed E-state index contributed by atoms with van der Waals surface area (Å²) in [5, 5.41) is 45.4. The van der Waals surface area contributed by atoms with Gasteiger partial charge in [0.05, 0.1) is 12.7 Å². The summed E-state index contributed by atoms with van der Waals surface area (Å²) < 4.78 is 0. The quantitative estimate of drug-likeness (QED) is 0.319. The minimum absolute atomic E-state index is 0.163. The first-order valence-corrected chi connectivity index (χ1v) is 4.38. The normalized spacial score (nSPS) is 20.6. The van der Waals surface area contributed by atoms with Gasteiger partial charge < -0.3 is 30.4 Å². The van der Waals surface area contributed by atoms with Gasteiger partial charge in [-0.1, -0.05) is 0 Å². The maximum absolute atomic E-state index is 9.36. The molecule has 4 atom stereocenters. The SMILES string of the molecule is CN(C)C[C@H](O)[C@H](O)[C@H](O)[C@H](O)CO. The van der Waals surface area contributed by atoms with Crippen molar-refractivity contribution in [2.75, 3.05) is 27.2 Å². The van der Waals surface area contributed by atoms with Gasteiger partial charge in [-0.15, -0.1) is 0 Å². The minimum atomic E-state index is -1.55. The Hall–Kier alpha value is -0.240. The lowest BCUT2D eigenvalue weighted by Gasteiger charge is -2.27. The Labute approximate surface area is 83.0 Å². The highest BCUT2D eigenvalue weighted by Gasteiger charge is 2.29. The molecule has 0 aliphatic carbocycles. The van der Waals surface area contributed by atoms with Crippen molar-refractivity contribution in [2.45, 2.75) is 24.4 Å². The number of likely N-dealkylation sites (N-methyl/N-ethyl adjacent to an activating group) is 1. The third kappa shape index (κ3) is 4.32. The zero-order valence-electron chi connectivity index (χ0n) is 8.41. The lowest BCUT2D eigenvalue weighted by atomic mass is 10.0. The van der Waals surface area contributed by atoms with E-state index in [2.05, 4.69) is 0 Å². The molecule has 0 unspecified atom stereocenters. The average molecular weight is 209 g/mol. The topological polar surface area (TPSA) is 104 Å². The van der Waals surface area contributed by atoms with Gasteiger partial charge >= 0.3 is 0 Å². The molecule has 86 valence electrons. The minimum Gasteiger partial charge on any atom is -0.394 e. The van der Waals surface area contributed by atoms with E-state index in [4.69, 9.17) is 10.2 Å². The van der Waals surface area contributed by atoms with Crippen LogP contribution in [0.2, 0.25) is 0 Å². The molecule has 5 N–H and O–H groups in total. The molecule has 0 aliphatic heterocycles. The summed E-state index contributed by atoms with van der Waals surface area (Å²) >= 11 is 0. The van der Waals surface area contributed by atoms with E-state index in [9.17, 15) is 15.3 Å². The molecular weight excluding hydrogens is 190 g/mol. The van der Waals surface area contributed by atoms with Crippen LogP contribution in [0.25, 0.3) is 0 Å². The van der Waals surface area contributed by atoms with Crippen LogP contribution in [-0.2, 0) is 0 Å². The molecule has 0 saturated carbocycles. The number of hydrogen-bond acceptors (Lipinski definition) is 6. The third-order valence-corrected chi connectivity index (χ3v) is 1.88. The molecule has 0 radical (unpaired) electrons. The van der Waals surface area contributed by atoms with Gasteiger partial charge in [0.25, 0.3) is 0 Å². The fourth-order valence-electron chi connectivity index (χ4n) is 1.05. The Morgan fingerprint density at radius 1 is 0.929 bits per heavy atom. The Morgan fingerprint density at radius 3 is 1.71 bits per heavy atom. The smallest absolute Gasteiger partial charge is 0.111 e. The van der Waals surface area contributed by atoms with Gasteiger partial charge in [-0.05, 0) is 14.1 Å². The summed E-state index contributed by atoms with van der Waals surface area (Å²) in [6.45, 7) is -0.497. The third-order valence-electron chi connectivity index (χ3n) is 1.88. The fraction of sp³-hybridized carbons (Fsp3) is 1.00. The van der Waals surface area contributed by atoms with Crippen molar-refractivity contribution in [2.24, 2.45) is 0 Å². The van der Waals surface area contributed by atoms with Gasteiger partial charge in [0.1, 0.15) is 18.3 Å². The monoisotopic (exact) mass is 209 g/mol. The van der Waals surface area contributed by atoms with Crippen molar-refractivity contribution in [3.05, 3.63) is 0 Å². The summed E-state index contributed by atoms with van der Waals surface area (Å²) in [5.74, 6) is 0. The standard InChI is InChI=1S/C8H19NO5/c1-9(2)3-5(11)7(13)8(14)6(12)4-10/h5-8,10-14H,3-4H2,1-2H3/t5-,6+,7-,8+/m0/s1. The Morgan fingerprint density at radius 2 is 1.36 bits per heavy atom. The lowest BCUT2D eigenvalue weighted by Crippen LogP contribution is -2.48. The molecule has 0 aromatic heterocycles. The van der Waals surface area contributed by atoms with Crippen LogP contribution in [0.3, 0.4) is 0 Å². The molecule has 0 spiro atoms. The number of rotatable bonds is 6. The number of aliphatic hydroxyl groups is 5. The van der Waals surface area contributed by atoms with E-state index in [0.29, 0.717) is 0 Å². The number of nitrogens with zero attached hydrogens (tertiary/aromatic N) is 1. The van der Waals surface area contributed by atoms with E-state index in [-0.39, 0.29) is 6.54 Å². The molecule has 0 rings (SSSR count). The van der Waals surface area contributed by atoms with Crippen molar-refractivity contribution < 1.29 is 25.5 Å². The van der Waals surface area contributed by atoms with Crippen molar-refractivity contribution in [3.8, 4) is 0 Å². The van der Waals surface area contributed by atoms with Gasteiger partial charge in [-0.25, -0.2) is 0 Å². The summed E-state index contributed by atoms with van der Waals surface area (Å²) in [7, 11) is 3.40. The first-order chi connectivity index (χ1) is 6.40. The fourth-order valence-corrected chi connectivity index (χ4v) is 1.05. The largest absolute Gasteiger partial charge is 0.394 e. The summed E-state index contributed by atoms with van der Waals surface area (Å²) in [5.41, 5.74) is 0. The molecule has 0 fully saturated rings. The van der Waals surface area contributed by atoms with Gasteiger partial charge in [0.15, 0.2) is 0 Å². The maximum Gasteiger partial charge on any atom is 0.111 e. The second-order valence-corrected chi connectivity index (χ2v) is 3.56. The van der Waals surface area contributed by atoms with Crippen molar-refractivity contribution in [1.29, 1.82) is 0 Å². The first-order valence-electron chi connectivity index (χ1n) is 4.38. The molecule has 0 heterocycles. The second kappa shape index (κ2) is 6.28. The van der Waals surface area contributed by atoms with E-state index in [1.165, 1.54) is 0 Å². The molecule has 0 bridgehead atoms. The van der Waals surface area contributed by atoms with Crippen LogP contribution in [0.15, 0.2) is 0 Å². The molecule has 6 heteroatoms. The Balaban J connectivity index is 4.09. The van der Waals surface area contributed by atoms with Crippen LogP contribution in [-0.4, -0.2) is 82.1 Å². The van der Waals surface area contributed by atoms with Crippen molar-refractivity contribution in [1.82, 2.24) is 4.90 Å². The summed E-state index contributed by atoms with van der Waals surface area (Å²) in [4.78, 5) is 1.63. The molecule has 0 aromatic rings. The zero-order chi connectivity index (χ0) is 11.3. The number of aliphatic hydroxyl groups excluding tert-OH is 5. The van der Waals surface area contributed by atoms with Crippen LogP contribution >= 0.6 is 0 Å². The maximum atomic E-state index is 9.36. The van der Waals surface area contributed by atoms with Crippen molar-refractivity contribution >= 4 is 0 Å². The summed E-state index contributed by atoms with van der Waals surface area (Å²) in [6.07, 6.45) is -5.63. The highest BCUT2D eigenvalue weighted by Crippen LogP contribution is 2.05. The van der Waals surface area contributed by atoms with Crippen molar-refractivity contribution in [3.63, 3.8) is 0 Å². The van der Waals surface area contributed by atoms with Gasteiger partial charge in [-0.2, -0.15) is 0 Å². The van der Waals surface area contributed by atoms with Crippen LogP contribution in [0, 0.1) is 0 Å². The van der Waals surface area contributed by atoms with Crippen LogP contribution in [0.4, 0.5) is 0 Å². The number of hydrogen-bond donors (Lipinski definition) is 5.